The SMILES string of the molecule is CN(Cc1ccon1)C(=O)[C@@H]1CCCN1. The molecule has 0 saturated carbocycles. The van der Waals surface area contributed by atoms with Crippen molar-refractivity contribution < 1.29 is 9.32 Å². The summed E-state index contributed by atoms with van der Waals surface area (Å²) in [6, 6.07) is 1.76. The van der Waals surface area contributed by atoms with E-state index in [0.29, 0.717) is 6.54 Å². The Balaban J connectivity index is 1.89. The van der Waals surface area contributed by atoms with Crippen molar-refractivity contribution in [3.63, 3.8) is 0 Å². The second-order valence-corrected chi connectivity index (χ2v) is 3.83. The summed E-state index contributed by atoms with van der Waals surface area (Å²) in [6.45, 7) is 1.45. The van der Waals surface area contributed by atoms with E-state index < -0.39 is 0 Å². The zero-order valence-electron chi connectivity index (χ0n) is 8.77. The Bertz CT molecular complexity index is 317. The highest BCUT2D eigenvalue weighted by Gasteiger charge is 2.25. The highest BCUT2D eigenvalue weighted by Crippen LogP contribution is 2.09. The lowest BCUT2D eigenvalue weighted by atomic mass is 10.2. The van der Waals surface area contributed by atoms with E-state index >= 15 is 0 Å². The van der Waals surface area contributed by atoms with Crippen LogP contribution >= 0.6 is 0 Å². The van der Waals surface area contributed by atoms with Gasteiger partial charge in [-0.15, -0.1) is 0 Å². The van der Waals surface area contributed by atoms with Gasteiger partial charge in [0, 0.05) is 13.1 Å². The van der Waals surface area contributed by atoms with Crippen LogP contribution in [-0.2, 0) is 11.3 Å². The molecule has 2 rings (SSSR count). The number of nitrogens with one attached hydrogen (secondary N) is 1. The Morgan fingerprint density at radius 3 is 3.27 bits per heavy atom. The number of carbonyl (C=O) groups is 1. The van der Waals surface area contributed by atoms with Crippen molar-refractivity contribution >= 4 is 5.91 Å². The van der Waals surface area contributed by atoms with Crippen LogP contribution in [0.3, 0.4) is 0 Å². The fourth-order valence-corrected chi connectivity index (χ4v) is 1.80. The van der Waals surface area contributed by atoms with Gasteiger partial charge >= 0.3 is 0 Å². The number of likely N-dealkylation sites (N-methyl/N-ethyl adjacent to an activating group) is 1. The zero-order valence-corrected chi connectivity index (χ0v) is 8.77. The molecule has 0 aliphatic carbocycles. The minimum atomic E-state index is -0.0121. The Morgan fingerprint density at radius 1 is 1.80 bits per heavy atom. The Hall–Kier alpha value is -1.36. The molecule has 1 aliphatic rings. The molecule has 1 aromatic heterocycles. The summed E-state index contributed by atoms with van der Waals surface area (Å²) < 4.78 is 4.72. The molecule has 1 aromatic rings. The molecule has 0 radical (unpaired) electrons. The highest BCUT2D eigenvalue weighted by atomic mass is 16.5. The minimum absolute atomic E-state index is 0.0121. The van der Waals surface area contributed by atoms with Gasteiger partial charge in [0.1, 0.15) is 12.0 Å². The Kier molecular flexibility index (Phi) is 3.01. The lowest BCUT2D eigenvalue weighted by molar-refractivity contribution is -0.132. The first-order valence-corrected chi connectivity index (χ1v) is 5.15. The van der Waals surface area contributed by atoms with Gasteiger partial charge in [0.05, 0.1) is 12.6 Å². The van der Waals surface area contributed by atoms with Crippen LogP contribution in [0.25, 0.3) is 0 Å². The Labute approximate surface area is 88.4 Å². The van der Waals surface area contributed by atoms with Gasteiger partial charge in [-0.2, -0.15) is 0 Å². The van der Waals surface area contributed by atoms with Crippen molar-refractivity contribution in [3.05, 3.63) is 18.0 Å². The molecule has 1 N–H and O–H groups in total. The first-order chi connectivity index (χ1) is 7.27. The van der Waals surface area contributed by atoms with Crippen molar-refractivity contribution in [1.82, 2.24) is 15.4 Å². The van der Waals surface area contributed by atoms with Crippen LogP contribution < -0.4 is 5.32 Å². The highest BCUT2D eigenvalue weighted by molar-refractivity contribution is 5.81. The molecule has 2 heterocycles. The summed E-state index contributed by atoms with van der Waals surface area (Å²) in [6.07, 6.45) is 3.53. The Morgan fingerprint density at radius 2 is 2.67 bits per heavy atom. The number of nitrogens with zero attached hydrogens (tertiary/aromatic N) is 2. The normalized spacial score (nSPS) is 20.5. The van der Waals surface area contributed by atoms with E-state index in [1.165, 1.54) is 6.26 Å². The van der Waals surface area contributed by atoms with E-state index in [1.54, 1.807) is 18.0 Å². The summed E-state index contributed by atoms with van der Waals surface area (Å²) in [4.78, 5) is 13.6. The first-order valence-electron chi connectivity index (χ1n) is 5.15. The van der Waals surface area contributed by atoms with Crippen molar-refractivity contribution in [2.45, 2.75) is 25.4 Å². The molecule has 15 heavy (non-hydrogen) atoms. The van der Waals surface area contributed by atoms with Crippen molar-refractivity contribution in [3.8, 4) is 0 Å². The third kappa shape index (κ3) is 2.36. The number of amides is 1. The molecule has 1 amide bonds. The van der Waals surface area contributed by atoms with Gasteiger partial charge < -0.3 is 14.7 Å². The van der Waals surface area contributed by atoms with Crippen LogP contribution in [0.4, 0.5) is 0 Å². The zero-order chi connectivity index (χ0) is 10.7. The molecule has 0 aromatic carbocycles. The fourth-order valence-electron chi connectivity index (χ4n) is 1.80. The van der Waals surface area contributed by atoms with E-state index in [-0.39, 0.29) is 11.9 Å². The van der Waals surface area contributed by atoms with Crippen LogP contribution in [0, 0.1) is 0 Å². The number of rotatable bonds is 3. The predicted octanol–water partition coefficient (Wildman–Crippen LogP) is 0.385. The quantitative estimate of drug-likeness (QED) is 0.782. The van der Waals surface area contributed by atoms with E-state index in [4.69, 9.17) is 4.52 Å². The lowest BCUT2D eigenvalue weighted by Crippen LogP contribution is -2.41. The molecular weight excluding hydrogens is 194 g/mol. The number of hydrogen-bond donors (Lipinski definition) is 1. The summed E-state index contributed by atoms with van der Waals surface area (Å²) >= 11 is 0. The maximum atomic E-state index is 11.9. The minimum Gasteiger partial charge on any atom is -0.364 e. The van der Waals surface area contributed by atoms with Gasteiger partial charge in [0.2, 0.25) is 5.91 Å². The van der Waals surface area contributed by atoms with E-state index in [9.17, 15) is 4.79 Å². The summed E-state index contributed by atoms with van der Waals surface area (Å²) in [5.41, 5.74) is 0.781. The molecular formula is C10H15N3O2. The average molecular weight is 209 g/mol. The van der Waals surface area contributed by atoms with Crippen molar-refractivity contribution in [1.29, 1.82) is 0 Å². The monoisotopic (exact) mass is 209 g/mol. The van der Waals surface area contributed by atoms with Crippen LogP contribution in [0.2, 0.25) is 0 Å². The molecule has 1 aliphatic heterocycles. The van der Waals surface area contributed by atoms with Gasteiger partial charge in [-0.25, -0.2) is 0 Å². The predicted molar refractivity (Wildman–Crippen MR) is 54.0 cm³/mol. The lowest BCUT2D eigenvalue weighted by Gasteiger charge is -2.19. The summed E-state index contributed by atoms with van der Waals surface area (Å²) in [5.74, 6) is 0.135. The molecule has 0 unspecified atom stereocenters. The molecule has 5 nitrogen and oxygen atoms in total. The summed E-state index contributed by atoms with van der Waals surface area (Å²) in [7, 11) is 1.79. The average Bonchev–Trinajstić information content (AvgIpc) is 2.88. The first kappa shape index (κ1) is 10.2. The van der Waals surface area contributed by atoms with Gasteiger partial charge in [-0.3, -0.25) is 4.79 Å². The summed E-state index contributed by atoms with van der Waals surface area (Å²) in [5, 5.41) is 6.96. The molecule has 0 bridgehead atoms. The molecule has 82 valence electrons. The van der Waals surface area contributed by atoms with Gasteiger partial charge in [-0.05, 0) is 19.4 Å². The standard InChI is InChI=1S/C10H15N3O2/c1-13(7-8-4-6-15-12-8)10(14)9-3-2-5-11-9/h4,6,9,11H,2-3,5,7H2,1H3/t9-/m0/s1. The van der Waals surface area contributed by atoms with Gasteiger partial charge in [-0.1, -0.05) is 5.16 Å². The smallest absolute Gasteiger partial charge is 0.239 e. The maximum Gasteiger partial charge on any atom is 0.239 e. The van der Waals surface area contributed by atoms with Gasteiger partial charge in [0.25, 0.3) is 0 Å². The second-order valence-electron chi connectivity index (χ2n) is 3.83. The third-order valence-corrected chi connectivity index (χ3v) is 2.63. The molecule has 1 fully saturated rings. The number of hydrogen-bond acceptors (Lipinski definition) is 4. The van der Waals surface area contributed by atoms with Crippen molar-refractivity contribution in [2.75, 3.05) is 13.6 Å². The maximum absolute atomic E-state index is 11.9. The largest absolute Gasteiger partial charge is 0.364 e. The van der Waals surface area contributed by atoms with Crippen LogP contribution in [0.1, 0.15) is 18.5 Å². The van der Waals surface area contributed by atoms with E-state index in [1.807, 2.05) is 0 Å². The number of aromatic nitrogens is 1. The van der Waals surface area contributed by atoms with Crippen molar-refractivity contribution in [2.24, 2.45) is 0 Å². The van der Waals surface area contributed by atoms with Gasteiger partial charge in [0.15, 0.2) is 0 Å². The third-order valence-electron chi connectivity index (χ3n) is 2.63. The topological polar surface area (TPSA) is 58.4 Å². The molecule has 5 heteroatoms. The van der Waals surface area contributed by atoms with E-state index in [2.05, 4.69) is 10.5 Å². The molecule has 1 atom stereocenters. The van der Waals surface area contributed by atoms with Crippen LogP contribution in [0.15, 0.2) is 16.9 Å². The molecule has 0 spiro atoms. The van der Waals surface area contributed by atoms with Crippen LogP contribution in [-0.4, -0.2) is 35.6 Å². The number of carbonyl (C=O) groups excluding carboxylic acids is 1. The van der Waals surface area contributed by atoms with E-state index in [0.717, 1.165) is 25.1 Å². The fraction of sp³-hybridized carbons (Fsp3) is 0.600. The van der Waals surface area contributed by atoms with Crippen LogP contribution in [0.5, 0.6) is 0 Å². The second kappa shape index (κ2) is 4.44. The molecule has 1 saturated heterocycles.